The molecule has 0 radical (unpaired) electrons. The summed E-state index contributed by atoms with van der Waals surface area (Å²) in [5.41, 5.74) is 3.20. The van der Waals surface area contributed by atoms with E-state index in [1.165, 1.54) is 11.3 Å². The van der Waals surface area contributed by atoms with E-state index in [4.69, 9.17) is 0 Å². The third-order valence-electron chi connectivity index (χ3n) is 3.10. The van der Waals surface area contributed by atoms with Crippen molar-refractivity contribution >= 4 is 23.4 Å². The Kier molecular flexibility index (Phi) is 4.53. The molecule has 1 aromatic rings. The number of aryl methyl sites for hydroxylation is 1. The number of fused-ring (bicyclic) bond motifs is 1. The minimum absolute atomic E-state index is 0.0323. The first-order valence-electron chi connectivity index (χ1n) is 6.37. The van der Waals surface area contributed by atoms with Gasteiger partial charge in [-0.15, -0.1) is 0 Å². The molecule has 0 bridgehead atoms. The molecule has 2 rings (SSSR count). The molecule has 1 atom stereocenters. The van der Waals surface area contributed by atoms with Crippen molar-refractivity contribution in [1.82, 2.24) is 5.32 Å². The van der Waals surface area contributed by atoms with E-state index in [0.717, 1.165) is 30.7 Å². The van der Waals surface area contributed by atoms with Crippen molar-refractivity contribution < 1.29 is 4.79 Å². The summed E-state index contributed by atoms with van der Waals surface area (Å²) >= 11 is 1.75. The number of carbonyl (C=O) groups excluding carboxylic acids is 1. The average molecular weight is 264 g/mol. The molecule has 0 saturated heterocycles. The molecule has 1 aromatic carbocycles. The number of anilines is 1. The number of amides is 1. The Bertz CT molecular complexity index is 434. The van der Waals surface area contributed by atoms with Crippen LogP contribution < -0.4 is 10.6 Å². The van der Waals surface area contributed by atoms with Gasteiger partial charge in [-0.2, -0.15) is 11.8 Å². The van der Waals surface area contributed by atoms with Gasteiger partial charge in [0.2, 0.25) is 0 Å². The fraction of sp³-hybridized carbons (Fsp3) is 0.500. The first kappa shape index (κ1) is 13.3. The van der Waals surface area contributed by atoms with Gasteiger partial charge in [0.1, 0.15) is 0 Å². The summed E-state index contributed by atoms with van der Waals surface area (Å²) < 4.78 is 0. The van der Waals surface area contributed by atoms with Gasteiger partial charge in [-0.25, -0.2) is 0 Å². The first-order valence-corrected chi connectivity index (χ1v) is 7.76. The lowest BCUT2D eigenvalue weighted by atomic mass is 10.0. The van der Waals surface area contributed by atoms with Crippen molar-refractivity contribution in [1.29, 1.82) is 0 Å². The second-order valence-corrected chi connectivity index (χ2v) is 5.64. The van der Waals surface area contributed by atoms with E-state index < -0.39 is 0 Å². The van der Waals surface area contributed by atoms with Crippen LogP contribution in [0.2, 0.25) is 0 Å². The molecule has 1 heterocycles. The van der Waals surface area contributed by atoms with Crippen LogP contribution in [0.15, 0.2) is 18.2 Å². The van der Waals surface area contributed by atoms with Gasteiger partial charge in [-0.05, 0) is 49.8 Å². The van der Waals surface area contributed by atoms with Crippen LogP contribution in [-0.4, -0.2) is 30.5 Å². The molecular weight excluding hydrogens is 244 g/mol. The molecule has 0 aliphatic carbocycles. The summed E-state index contributed by atoms with van der Waals surface area (Å²) in [7, 11) is 0. The minimum atomic E-state index is 0.0323. The number of thioether (sulfide) groups is 1. The number of hydrogen-bond acceptors (Lipinski definition) is 3. The summed E-state index contributed by atoms with van der Waals surface area (Å²) in [6, 6.07) is 6.14. The average Bonchev–Trinajstić information content (AvgIpc) is 2.38. The van der Waals surface area contributed by atoms with Crippen LogP contribution in [0.4, 0.5) is 5.69 Å². The molecule has 0 saturated carbocycles. The maximum absolute atomic E-state index is 12.1. The van der Waals surface area contributed by atoms with Crippen LogP contribution in [0.25, 0.3) is 0 Å². The van der Waals surface area contributed by atoms with Crippen LogP contribution in [-0.2, 0) is 6.42 Å². The van der Waals surface area contributed by atoms with E-state index in [0.29, 0.717) is 0 Å². The Hall–Kier alpha value is -1.16. The number of rotatable bonds is 4. The van der Waals surface area contributed by atoms with Crippen LogP contribution in [0.1, 0.15) is 29.3 Å². The second-order valence-electron chi connectivity index (χ2n) is 4.73. The zero-order valence-electron chi connectivity index (χ0n) is 11.0. The Balaban J connectivity index is 2.06. The van der Waals surface area contributed by atoms with Crippen molar-refractivity contribution in [2.24, 2.45) is 0 Å². The molecule has 2 N–H and O–H groups in total. The first-order chi connectivity index (χ1) is 8.70. The van der Waals surface area contributed by atoms with E-state index in [2.05, 4.69) is 10.6 Å². The van der Waals surface area contributed by atoms with E-state index >= 15 is 0 Å². The largest absolute Gasteiger partial charge is 0.385 e. The van der Waals surface area contributed by atoms with E-state index in [1.54, 1.807) is 11.8 Å². The van der Waals surface area contributed by atoms with Gasteiger partial charge >= 0.3 is 0 Å². The fourth-order valence-electron chi connectivity index (χ4n) is 2.21. The van der Waals surface area contributed by atoms with Gasteiger partial charge in [-0.1, -0.05) is 0 Å². The highest BCUT2D eigenvalue weighted by molar-refractivity contribution is 7.98. The predicted octanol–water partition coefficient (Wildman–Crippen LogP) is 2.53. The van der Waals surface area contributed by atoms with Gasteiger partial charge < -0.3 is 10.6 Å². The quantitative estimate of drug-likeness (QED) is 0.878. The topological polar surface area (TPSA) is 41.1 Å². The van der Waals surface area contributed by atoms with Crippen molar-refractivity contribution in [2.45, 2.75) is 25.8 Å². The molecule has 4 heteroatoms. The molecule has 1 unspecified atom stereocenters. The zero-order chi connectivity index (χ0) is 13.0. The van der Waals surface area contributed by atoms with Gasteiger partial charge in [0.05, 0.1) is 0 Å². The maximum Gasteiger partial charge on any atom is 0.251 e. The van der Waals surface area contributed by atoms with Crippen molar-refractivity contribution in [2.75, 3.05) is 23.9 Å². The number of carbonyl (C=O) groups is 1. The smallest absolute Gasteiger partial charge is 0.251 e. The summed E-state index contributed by atoms with van der Waals surface area (Å²) in [6.45, 7) is 3.07. The van der Waals surface area contributed by atoms with Crippen LogP contribution in [0, 0.1) is 0 Å². The number of hydrogen-bond donors (Lipinski definition) is 2. The number of benzene rings is 1. The van der Waals surface area contributed by atoms with Gasteiger partial charge in [0, 0.05) is 29.6 Å². The minimum Gasteiger partial charge on any atom is -0.385 e. The normalized spacial score (nSPS) is 15.4. The Morgan fingerprint density at radius 3 is 3.17 bits per heavy atom. The lowest BCUT2D eigenvalue weighted by Crippen LogP contribution is -2.34. The summed E-state index contributed by atoms with van der Waals surface area (Å²) in [6.07, 6.45) is 4.25. The van der Waals surface area contributed by atoms with E-state index in [1.807, 2.05) is 31.4 Å². The van der Waals surface area contributed by atoms with Gasteiger partial charge in [0.15, 0.2) is 0 Å². The van der Waals surface area contributed by atoms with E-state index in [-0.39, 0.29) is 11.9 Å². The standard InChI is InChI=1S/C14H20N2OS/c1-10(9-18-2)16-14(17)12-5-6-13-11(8-12)4-3-7-15-13/h5-6,8,10,15H,3-4,7,9H2,1-2H3,(H,16,17). The SMILES string of the molecule is CSCC(C)NC(=O)c1ccc2c(c1)CCCN2. The molecule has 18 heavy (non-hydrogen) atoms. The van der Waals surface area contributed by atoms with Crippen molar-refractivity contribution in [3.05, 3.63) is 29.3 Å². The van der Waals surface area contributed by atoms with Crippen molar-refractivity contribution in [3.8, 4) is 0 Å². The second kappa shape index (κ2) is 6.14. The predicted molar refractivity (Wildman–Crippen MR) is 78.6 cm³/mol. The summed E-state index contributed by atoms with van der Waals surface area (Å²) in [4.78, 5) is 12.1. The highest BCUT2D eigenvalue weighted by Gasteiger charge is 2.13. The van der Waals surface area contributed by atoms with Crippen LogP contribution in [0.3, 0.4) is 0 Å². The molecule has 98 valence electrons. The van der Waals surface area contributed by atoms with E-state index in [9.17, 15) is 4.79 Å². The molecule has 0 spiro atoms. The molecule has 1 aliphatic heterocycles. The number of nitrogens with one attached hydrogen (secondary N) is 2. The highest BCUT2D eigenvalue weighted by atomic mass is 32.2. The lowest BCUT2D eigenvalue weighted by Gasteiger charge is -2.19. The monoisotopic (exact) mass is 264 g/mol. The molecule has 1 aliphatic rings. The third kappa shape index (κ3) is 3.19. The molecule has 3 nitrogen and oxygen atoms in total. The van der Waals surface area contributed by atoms with Crippen LogP contribution >= 0.6 is 11.8 Å². The Labute approximate surface area is 113 Å². The molecular formula is C14H20N2OS. The van der Waals surface area contributed by atoms with Crippen LogP contribution in [0.5, 0.6) is 0 Å². The Morgan fingerprint density at radius 1 is 1.56 bits per heavy atom. The molecule has 0 aromatic heterocycles. The third-order valence-corrected chi connectivity index (χ3v) is 3.93. The lowest BCUT2D eigenvalue weighted by molar-refractivity contribution is 0.0943. The van der Waals surface area contributed by atoms with Gasteiger partial charge in [-0.3, -0.25) is 4.79 Å². The Morgan fingerprint density at radius 2 is 2.39 bits per heavy atom. The van der Waals surface area contributed by atoms with Gasteiger partial charge in [0.25, 0.3) is 5.91 Å². The highest BCUT2D eigenvalue weighted by Crippen LogP contribution is 2.22. The van der Waals surface area contributed by atoms with Crippen molar-refractivity contribution in [3.63, 3.8) is 0 Å². The fourth-order valence-corrected chi connectivity index (χ4v) is 2.80. The maximum atomic E-state index is 12.1. The summed E-state index contributed by atoms with van der Waals surface area (Å²) in [5, 5.41) is 6.38. The molecule has 1 amide bonds. The zero-order valence-corrected chi connectivity index (χ0v) is 11.8. The summed E-state index contributed by atoms with van der Waals surface area (Å²) in [5.74, 6) is 0.975. The molecule has 0 fully saturated rings.